The van der Waals surface area contributed by atoms with Crippen LogP contribution >= 0.6 is 0 Å². The Kier molecular flexibility index (Phi) is 6.96. The molecule has 3 heterocycles. The number of likely N-dealkylation sites (tertiary alicyclic amines) is 1. The normalized spacial score (nSPS) is 23.0. The maximum Gasteiger partial charge on any atom is 0.416 e. The predicted molar refractivity (Wildman–Crippen MR) is 132 cm³/mol. The zero-order valence-corrected chi connectivity index (χ0v) is 20.4. The lowest BCUT2D eigenvalue weighted by Crippen LogP contribution is -2.47. The number of hydrogen-bond donors (Lipinski definition) is 2. The first-order valence-electron chi connectivity index (χ1n) is 12.3. The minimum atomic E-state index is -4.48. The highest BCUT2D eigenvalue weighted by molar-refractivity contribution is 6.05. The Morgan fingerprint density at radius 1 is 1.24 bits per heavy atom. The average molecular weight is 516 g/mol. The quantitative estimate of drug-likeness (QED) is 0.587. The van der Waals surface area contributed by atoms with E-state index in [4.69, 9.17) is 9.47 Å². The van der Waals surface area contributed by atoms with Crippen molar-refractivity contribution in [3.63, 3.8) is 0 Å². The van der Waals surface area contributed by atoms with Crippen molar-refractivity contribution in [3.8, 4) is 5.75 Å². The van der Waals surface area contributed by atoms with Gasteiger partial charge in [0.1, 0.15) is 5.75 Å². The summed E-state index contributed by atoms with van der Waals surface area (Å²) in [7, 11) is 1.68. The fourth-order valence-corrected chi connectivity index (χ4v) is 5.14. The van der Waals surface area contributed by atoms with Crippen molar-refractivity contribution in [2.24, 2.45) is 0 Å². The van der Waals surface area contributed by atoms with E-state index in [1.54, 1.807) is 19.2 Å². The third kappa shape index (κ3) is 5.50. The molecule has 2 N–H and O–H groups in total. The summed E-state index contributed by atoms with van der Waals surface area (Å²) in [6, 6.07) is 8.46. The van der Waals surface area contributed by atoms with Crippen LogP contribution in [0.4, 0.5) is 24.5 Å². The second-order valence-electron chi connectivity index (χ2n) is 9.54. The van der Waals surface area contributed by atoms with E-state index in [0.717, 1.165) is 37.2 Å². The summed E-state index contributed by atoms with van der Waals surface area (Å²) in [4.78, 5) is 27.8. The first kappa shape index (κ1) is 25.3. The van der Waals surface area contributed by atoms with Crippen molar-refractivity contribution in [1.29, 1.82) is 0 Å². The molecule has 2 aromatic carbocycles. The zero-order valence-electron chi connectivity index (χ0n) is 20.4. The van der Waals surface area contributed by atoms with Gasteiger partial charge in [-0.3, -0.25) is 14.5 Å². The molecule has 0 radical (unpaired) electrons. The van der Waals surface area contributed by atoms with Gasteiger partial charge in [-0.25, -0.2) is 0 Å². The zero-order chi connectivity index (χ0) is 26.2. The van der Waals surface area contributed by atoms with Crippen LogP contribution in [0.1, 0.15) is 36.0 Å². The fraction of sp³-hybridized carbons (Fsp3) is 0.407. The SMILES string of the molecule is CO[C@H]1CCN(C2Cc3ccc(NC(=O)C=C4CCCOc5cc(C(F)(F)F)ccc54)cc3NC2=O)C1. The molecule has 10 heteroatoms. The van der Waals surface area contributed by atoms with E-state index in [1.165, 1.54) is 12.1 Å². The van der Waals surface area contributed by atoms with Gasteiger partial charge in [-0.15, -0.1) is 0 Å². The molecule has 0 saturated carbocycles. The maximum atomic E-state index is 13.1. The van der Waals surface area contributed by atoms with Crippen LogP contribution in [-0.4, -0.2) is 55.7 Å². The van der Waals surface area contributed by atoms with Crippen LogP contribution in [0, 0.1) is 0 Å². The van der Waals surface area contributed by atoms with Gasteiger partial charge in [-0.1, -0.05) is 12.1 Å². The van der Waals surface area contributed by atoms with Gasteiger partial charge in [0.25, 0.3) is 0 Å². The molecular formula is C27H28F3N3O4. The average Bonchev–Trinajstić information content (AvgIpc) is 3.25. The highest BCUT2D eigenvalue weighted by Crippen LogP contribution is 2.38. The molecule has 196 valence electrons. The Labute approximate surface area is 212 Å². The van der Waals surface area contributed by atoms with E-state index in [2.05, 4.69) is 15.5 Å². The number of anilines is 2. The van der Waals surface area contributed by atoms with Gasteiger partial charge in [-0.2, -0.15) is 13.2 Å². The van der Waals surface area contributed by atoms with E-state index in [0.29, 0.717) is 41.8 Å². The summed E-state index contributed by atoms with van der Waals surface area (Å²) in [6.45, 7) is 1.79. The summed E-state index contributed by atoms with van der Waals surface area (Å²) in [6.07, 6.45) is -0.403. The number of carbonyl (C=O) groups is 2. The number of nitrogens with zero attached hydrogens (tertiary/aromatic N) is 1. The Bertz CT molecular complexity index is 1240. The number of ether oxygens (including phenoxy) is 2. The maximum absolute atomic E-state index is 13.1. The van der Waals surface area contributed by atoms with E-state index < -0.39 is 17.6 Å². The molecule has 37 heavy (non-hydrogen) atoms. The second-order valence-corrected chi connectivity index (χ2v) is 9.54. The van der Waals surface area contributed by atoms with Crippen molar-refractivity contribution in [2.75, 3.05) is 37.4 Å². The molecule has 0 bridgehead atoms. The van der Waals surface area contributed by atoms with Crippen molar-refractivity contribution in [1.82, 2.24) is 4.90 Å². The number of hydrogen-bond acceptors (Lipinski definition) is 5. The molecule has 0 spiro atoms. The van der Waals surface area contributed by atoms with Crippen LogP contribution in [0.2, 0.25) is 0 Å². The number of amides is 2. The number of benzene rings is 2. The number of allylic oxidation sites excluding steroid dienone is 1. The third-order valence-corrected chi connectivity index (χ3v) is 7.11. The van der Waals surface area contributed by atoms with E-state index >= 15 is 0 Å². The fourth-order valence-electron chi connectivity index (χ4n) is 5.14. The largest absolute Gasteiger partial charge is 0.493 e. The molecule has 1 fully saturated rings. The van der Waals surface area contributed by atoms with Crippen molar-refractivity contribution in [3.05, 3.63) is 59.2 Å². The molecule has 7 nitrogen and oxygen atoms in total. The lowest BCUT2D eigenvalue weighted by molar-refractivity contribution is -0.137. The van der Waals surface area contributed by atoms with Crippen LogP contribution in [-0.2, 0) is 26.9 Å². The van der Waals surface area contributed by atoms with E-state index in [-0.39, 0.29) is 30.4 Å². The first-order valence-corrected chi connectivity index (χ1v) is 12.3. The van der Waals surface area contributed by atoms with Gasteiger partial charge in [0.15, 0.2) is 0 Å². The molecule has 2 atom stereocenters. The Morgan fingerprint density at radius 2 is 2.08 bits per heavy atom. The van der Waals surface area contributed by atoms with Crippen molar-refractivity contribution >= 4 is 28.8 Å². The number of methoxy groups -OCH3 is 1. The molecule has 3 aliphatic rings. The lowest BCUT2D eigenvalue weighted by atomic mass is 9.97. The third-order valence-electron chi connectivity index (χ3n) is 7.11. The van der Waals surface area contributed by atoms with Gasteiger partial charge in [0.05, 0.1) is 24.3 Å². The summed E-state index contributed by atoms with van der Waals surface area (Å²) in [5, 5.41) is 5.76. The molecule has 2 amide bonds. The van der Waals surface area contributed by atoms with Crippen LogP contribution in [0.3, 0.4) is 0 Å². The molecule has 2 aromatic rings. The topological polar surface area (TPSA) is 79.9 Å². The summed E-state index contributed by atoms with van der Waals surface area (Å²) >= 11 is 0. The number of alkyl halides is 3. The number of fused-ring (bicyclic) bond motifs is 2. The van der Waals surface area contributed by atoms with Gasteiger partial charge >= 0.3 is 6.18 Å². The highest BCUT2D eigenvalue weighted by Gasteiger charge is 2.36. The molecular weight excluding hydrogens is 487 g/mol. The Morgan fingerprint density at radius 3 is 2.84 bits per heavy atom. The summed E-state index contributed by atoms with van der Waals surface area (Å²) in [5.41, 5.74) is 2.44. The second kappa shape index (κ2) is 10.2. The van der Waals surface area contributed by atoms with Gasteiger partial charge < -0.3 is 20.1 Å². The number of nitrogens with one attached hydrogen (secondary N) is 2. The number of halogens is 3. The Balaban J connectivity index is 1.30. The highest BCUT2D eigenvalue weighted by atomic mass is 19.4. The standard InChI is InChI=1S/C27H28F3N3O4/c1-36-20-8-9-33(15-20)23-11-17-4-6-19(14-22(17)32-26(23)35)31-25(34)12-16-3-2-10-37-24-13-18(27(28,29)30)5-7-21(16)24/h4-7,12-14,20,23H,2-3,8-11,15H2,1H3,(H,31,34)(H,32,35)/t20-,23?/m0/s1. The first-order chi connectivity index (χ1) is 17.7. The van der Waals surface area contributed by atoms with Crippen molar-refractivity contribution in [2.45, 2.75) is 44.0 Å². The van der Waals surface area contributed by atoms with Gasteiger partial charge in [0.2, 0.25) is 11.8 Å². The minimum absolute atomic E-state index is 0.0804. The predicted octanol–water partition coefficient (Wildman–Crippen LogP) is 4.48. The number of carbonyl (C=O) groups excluding carboxylic acids is 2. The Hall–Kier alpha value is -3.37. The molecule has 0 aliphatic carbocycles. The molecule has 3 aliphatic heterocycles. The molecule has 0 aromatic heterocycles. The van der Waals surface area contributed by atoms with Crippen LogP contribution in [0.25, 0.3) is 5.57 Å². The van der Waals surface area contributed by atoms with E-state index in [1.807, 2.05) is 6.07 Å². The smallest absolute Gasteiger partial charge is 0.416 e. The van der Waals surface area contributed by atoms with Crippen LogP contribution in [0.15, 0.2) is 42.5 Å². The van der Waals surface area contributed by atoms with Crippen LogP contribution < -0.4 is 15.4 Å². The molecule has 1 unspecified atom stereocenters. The van der Waals surface area contributed by atoms with E-state index in [9.17, 15) is 22.8 Å². The lowest BCUT2D eigenvalue weighted by Gasteiger charge is -2.31. The number of rotatable bonds is 4. The monoisotopic (exact) mass is 515 g/mol. The molecule has 1 saturated heterocycles. The summed E-state index contributed by atoms with van der Waals surface area (Å²) < 4.78 is 50.3. The summed E-state index contributed by atoms with van der Waals surface area (Å²) in [5.74, 6) is -0.374. The van der Waals surface area contributed by atoms with Crippen molar-refractivity contribution < 1.29 is 32.2 Å². The van der Waals surface area contributed by atoms with Crippen LogP contribution in [0.5, 0.6) is 5.75 Å². The van der Waals surface area contributed by atoms with Gasteiger partial charge in [-0.05, 0) is 61.1 Å². The van der Waals surface area contributed by atoms with Gasteiger partial charge in [0, 0.05) is 43.2 Å². The molecule has 5 rings (SSSR count). The minimum Gasteiger partial charge on any atom is -0.493 e.